The minimum atomic E-state index is -2.34. The van der Waals surface area contributed by atoms with Crippen molar-refractivity contribution in [2.45, 2.75) is 58.8 Å². The Morgan fingerprint density at radius 1 is 1.12 bits per heavy atom. The third-order valence-corrected chi connectivity index (χ3v) is 9.11. The maximum absolute atomic E-state index is 12.3. The zero-order valence-corrected chi connectivity index (χ0v) is 16.6. The molecule has 0 spiro atoms. The van der Waals surface area contributed by atoms with Crippen molar-refractivity contribution in [2.75, 3.05) is 0 Å². The fraction of sp³-hybridized carbons (Fsp3) is 0.529. The van der Waals surface area contributed by atoms with Crippen LogP contribution in [0.4, 0.5) is 0 Å². The van der Waals surface area contributed by atoms with E-state index in [1.54, 1.807) is 13.8 Å². The van der Waals surface area contributed by atoms with E-state index in [1.807, 2.05) is 33.9 Å². The number of nitrogens with zero attached hydrogens (tertiary/aromatic N) is 1. The summed E-state index contributed by atoms with van der Waals surface area (Å²) < 4.78 is 7.44. The van der Waals surface area contributed by atoms with Gasteiger partial charge in [-0.3, -0.25) is 23.7 Å². The average molecular weight is 364 g/mol. The van der Waals surface area contributed by atoms with Crippen LogP contribution in [-0.2, 0) is 9.22 Å². The number of hydrogen-bond acceptors (Lipinski definition) is 5. The van der Waals surface area contributed by atoms with Crippen LogP contribution in [0.25, 0.3) is 5.76 Å². The zero-order valence-electron chi connectivity index (χ0n) is 15.6. The van der Waals surface area contributed by atoms with Gasteiger partial charge >= 0.3 is 11.1 Å². The van der Waals surface area contributed by atoms with Gasteiger partial charge in [-0.05, 0) is 32.0 Å². The van der Waals surface area contributed by atoms with Crippen LogP contribution >= 0.6 is 0 Å². The molecule has 2 rings (SSSR count). The number of nitrogens with one attached hydrogen (secondary N) is 1. The maximum Gasteiger partial charge on any atom is 0.317 e. The quantitative estimate of drug-likeness (QED) is 0.655. The second-order valence-electron chi connectivity index (χ2n) is 8.01. The Hall–Kier alpha value is -2.22. The number of Topliss-reactive ketones (excluding diaryl/α,β-unsaturated/α-hetero) is 1. The van der Waals surface area contributed by atoms with Crippen LogP contribution in [0.2, 0.25) is 18.1 Å². The number of allylic oxidation sites excluding steroid dienone is 1. The largest absolute Gasteiger partial charge is 0.542 e. The van der Waals surface area contributed by atoms with Crippen molar-refractivity contribution >= 4 is 25.6 Å². The van der Waals surface area contributed by atoms with Gasteiger partial charge in [-0.15, -0.1) is 0 Å². The Morgan fingerprint density at radius 3 is 2.16 bits per heavy atom. The number of rotatable bonds is 3. The Kier molecular flexibility index (Phi) is 4.54. The van der Waals surface area contributed by atoms with Crippen LogP contribution in [0.15, 0.2) is 15.7 Å². The molecule has 0 saturated heterocycles. The lowest BCUT2D eigenvalue weighted by Crippen LogP contribution is -2.45. The summed E-state index contributed by atoms with van der Waals surface area (Å²) in [7, 11) is -2.34. The molecule has 1 heterocycles. The molecular weight excluding hydrogens is 340 g/mol. The molecule has 1 aliphatic carbocycles. The second-order valence-corrected chi connectivity index (χ2v) is 12.7. The Labute approximate surface area is 146 Å². The lowest BCUT2D eigenvalue weighted by atomic mass is 10.0. The summed E-state index contributed by atoms with van der Waals surface area (Å²) in [4.78, 5) is 50.8. The Morgan fingerprint density at radius 2 is 1.68 bits per heavy atom. The molecular formula is C17H24N2O5Si. The minimum absolute atomic E-state index is 0.149. The third kappa shape index (κ3) is 3.18. The molecule has 0 atom stereocenters. The van der Waals surface area contributed by atoms with Crippen LogP contribution in [-0.4, -0.2) is 29.4 Å². The maximum atomic E-state index is 12.3. The summed E-state index contributed by atoms with van der Waals surface area (Å²) in [5.74, 6) is -1.44. The van der Waals surface area contributed by atoms with Crippen LogP contribution in [0.5, 0.6) is 0 Å². The van der Waals surface area contributed by atoms with Crippen molar-refractivity contribution in [3.05, 3.63) is 38.2 Å². The molecule has 25 heavy (non-hydrogen) atoms. The van der Waals surface area contributed by atoms with Crippen molar-refractivity contribution in [1.82, 2.24) is 9.55 Å². The molecule has 0 unspecified atom stereocenters. The van der Waals surface area contributed by atoms with Gasteiger partial charge in [0.2, 0.25) is 5.78 Å². The lowest BCUT2D eigenvalue weighted by molar-refractivity contribution is -0.111. The van der Waals surface area contributed by atoms with E-state index in [2.05, 4.69) is 4.98 Å². The molecule has 0 amide bonds. The number of H-pyrrole nitrogens is 1. The summed E-state index contributed by atoms with van der Waals surface area (Å²) in [6.07, 6.45) is 1.13. The third-order valence-electron chi connectivity index (χ3n) is 4.76. The molecule has 7 nitrogen and oxygen atoms in total. The number of carbonyl (C=O) groups is 2. The molecule has 0 aromatic carbocycles. The number of aromatic nitrogens is 2. The van der Waals surface area contributed by atoms with E-state index >= 15 is 0 Å². The van der Waals surface area contributed by atoms with E-state index in [9.17, 15) is 19.2 Å². The summed E-state index contributed by atoms with van der Waals surface area (Å²) in [5, 5.41) is -0.149. The molecule has 1 aromatic rings. The topological polar surface area (TPSA) is 98.2 Å². The van der Waals surface area contributed by atoms with Crippen molar-refractivity contribution < 1.29 is 14.0 Å². The smallest absolute Gasteiger partial charge is 0.317 e. The fourth-order valence-corrected chi connectivity index (χ4v) is 3.35. The SMILES string of the molecule is CC(C)n1c2c([nH]c(=O)c1=O)C(=O)C(=O)C=C2O[Si](C)(C)C(C)(C)C. The zero-order chi connectivity index (χ0) is 19.3. The molecule has 0 fully saturated rings. The summed E-state index contributed by atoms with van der Waals surface area (Å²) >= 11 is 0. The summed E-state index contributed by atoms with van der Waals surface area (Å²) in [5.41, 5.74) is -1.71. The average Bonchev–Trinajstić information content (AvgIpc) is 2.44. The first-order chi connectivity index (χ1) is 11.3. The first-order valence-corrected chi connectivity index (χ1v) is 11.1. The minimum Gasteiger partial charge on any atom is -0.542 e. The summed E-state index contributed by atoms with van der Waals surface area (Å²) in [6.45, 7) is 13.6. The second kappa shape index (κ2) is 5.94. The van der Waals surface area contributed by atoms with Gasteiger partial charge in [0, 0.05) is 12.1 Å². The van der Waals surface area contributed by atoms with Gasteiger partial charge in [0.1, 0.15) is 17.1 Å². The predicted octanol–water partition coefficient (Wildman–Crippen LogP) is 2.25. The standard InChI is InChI=1S/C17H24N2O5Si/c1-9(2)19-13-11(24-25(6,7)17(3,4)5)8-10(20)14(21)12(13)18-15(22)16(19)23/h8-9H,1-7H3,(H,18,22). The molecule has 8 heteroatoms. The molecule has 0 bridgehead atoms. The van der Waals surface area contributed by atoms with E-state index in [4.69, 9.17) is 4.43 Å². The highest BCUT2D eigenvalue weighted by molar-refractivity contribution is 6.75. The molecule has 0 aliphatic heterocycles. The molecule has 136 valence electrons. The number of hydrogen-bond donors (Lipinski definition) is 1. The van der Waals surface area contributed by atoms with E-state index < -0.39 is 31.0 Å². The number of carbonyl (C=O) groups excluding carboxylic acids is 2. The highest BCUT2D eigenvalue weighted by Crippen LogP contribution is 2.40. The van der Waals surface area contributed by atoms with Gasteiger partial charge in [-0.25, -0.2) is 0 Å². The van der Waals surface area contributed by atoms with Gasteiger partial charge in [0.25, 0.3) is 14.1 Å². The van der Waals surface area contributed by atoms with Gasteiger partial charge in [-0.1, -0.05) is 20.8 Å². The number of fused-ring (bicyclic) bond motifs is 1. The van der Waals surface area contributed by atoms with Crippen molar-refractivity contribution in [3.63, 3.8) is 0 Å². The van der Waals surface area contributed by atoms with Crippen LogP contribution < -0.4 is 11.1 Å². The first kappa shape index (κ1) is 19.1. The van der Waals surface area contributed by atoms with Crippen molar-refractivity contribution in [2.24, 2.45) is 0 Å². The van der Waals surface area contributed by atoms with Crippen LogP contribution in [0, 0.1) is 0 Å². The predicted molar refractivity (Wildman–Crippen MR) is 97.3 cm³/mol. The van der Waals surface area contributed by atoms with Crippen LogP contribution in [0.1, 0.15) is 56.8 Å². The van der Waals surface area contributed by atoms with Crippen molar-refractivity contribution in [1.29, 1.82) is 0 Å². The normalized spacial score (nSPS) is 15.3. The van der Waals surface area contributed by atoms with E-state index in [0.717, 1.165) is 6.08 Å². The molecule has 1 aliphatic rings. The first-order valence-electron chi connectivity index (χ1n) is 8.16. The van der Waals surface area contributed by atoms with Crippen LogP contribution in [0.3, 0.4) is 0 Å². The van der Waals surface area contributed by atoms with Gasteiger partial charge in [-0.2, -0.15) is 0 Å². The molecule has 0 radical (unpaired) electrons. The van der Waals surface area contributed by atoms with E-state index in [0.29, 0.717) is 0 Å². The van der Waals surface area contributed by atoms with Gasteiger partial charge < -0.3 is 9.41 Å². The van der Waals surface area contributed by atoms with Gasteiger partial charge in [0.05, 0.1) is 0 Å². The Bertz CT molecular complexity index is 897. The van der Waals surface area contributed by atoms with Crippen molar-refractivity contribution in [3.8, 4) is 0 Å². The highest BCUT2D eigenvalue weighted by Gasteiger charge is 2.42. The lowest BCUT2D eigenvalue weighted by Gasteiger charge is -2.38. The number of aromatic amines is 1. The highest BCUT2D eigenvalue weighted by atomic mass is 28.4. The molecule has 1 aromatic heterocycles. The Balaban J connectivity index is 2.80. The monoisotopic (exact) mass is 364 g/mol. The number of ketones is 2. The molecule has 1 N–H and O–H groups in total. The summed E-state index contributed by atoms with van der Waals surface area (Å²) in [6, 6.07) is -0.379. The molecule has 0 saturated carbocycles. The van der Waals surface area contributed by atoms with E-state index in [-0.39, 0.29) is 28.2 Å². The van der Waals surface area contributed by atoms with Gasteiger partial charge in [0.15, 0.2) is 0 Å². The van der Waals surface area contributed by atoms with E-state index in [1.165, 1.54) is 4.57 Å². The fourth-order valence-electron chi connectivity index (χ4n) is 2.34.